The molecule has 7 nitrogen and oxygen atoms in total. The highest BCUT2D eigenvalue weighted by Crippen LogP contribution is 2.37. The van der Waals surface area contributed by atoms with E-state index in [1.165, 1.54) is 5.69 Å². The number of hydrogen-bond acceptors (Lipinski definition) is 7. The Morgan fingerprint density at radius 1 is 1.03 bits per heavy atom. The lowest BCUT2D eigenvalue weighted by molar-refractivity contribution is 0.313. The molecular formula is C26H23N7S. The summed E-state index contributed by atoms with van der Waals surface area (Å²) in [5, 5.41) is 14.9. The SMILES string of the molecule is CN1CCN(c2ccc(Nc3nc(-c4cc5cccc(C#N)c5s4)c4cc[nH]c4n3)cc2)CC1. The van der Waals surface area contributed by atoms with Gasteiger partial charge >= 0.3 is 0 Å². The van der Waals surface area contributed by atoms with E-state index in [1.807, 2.05) is 30.5 Å². The minimum absolute atomic E-state index is 0.537. The molecule has 2 aromatic carbocycles. The molecule has 0 saturated carbocycles. The Morgan fingerprint density at radius 2 is 1.85 bits per heavy atom. The third-order valence-corrected chi connectivity index (χ3v) is 7.50. The van der Waals surface area contributed by atoms with E-state index in [2.05, 4.69) is 68.5 Å². The van der Waals surface area contributed by atoms with Crippen molar-refractivity contribution < 1.29 is 0 Å². The average Bonchev–Trinajstić information content (AvgIpc) is 3.51. The summed E-state index contributed by atoms with van der Waals surface area (Å²) in [5.41, 5.74) is 4.50. The van der Waals surface area contributed by atoms with Crippen molar-refractivity contribution >= 4 is 49.8 Å². The Balaban J connectivity index is 1.32. The third kappa shape index (κ3) is 3.75. The van der Waals surface area contributed by atoms with Crippen LogP contribution in [-0.4, -0.2) is 53.1 Å². The standard InChI is InChI=1S/C26H23N7S/c1-32-11-13-33(14-12-32)20-7-5-19(6-8-20)29-26-30-23(21-9-10-28-25(21)31-26)22-15-17-3-2-4-18(16-27)24(17)34-22/h2-10,15H,11-14H2,1H3,(H2,28,29,30,31). The molecule has 4 heterocycles. The summed E-state index contributed by atoms with van der Waals surface area (Å²) in [7, 11) is 2.17. The second-order valence-corrected chi connectivity index (χ2v) is 9.60. The van der Waals surface area contributed by atoms with Crippen LogP contribution < -0.4 is 10.2 Å². The number of nitriles is 1. The van der Waals surface area contributed by atoms with E-state index >= 15 is 0 Å². The molecule has 5 aromatic rings. The van der Waals surface area contributed by atoms with E-state index in [9.17, 15) is 5.26 Å². The van der Waals surface area contributed by atoms with E-state index in [1.54, 1.807) is 11.3 Å². The zero-order valence-corrected chi connectivity index (χ0v) is 19.6. The normalized spacial score (nSPS) is 14.5. The van der Waals surface area contributed by atoms with Crippen LogP contribution in [0.15, 0.2) is 60.8 Å². The van der Waals surface area contributed by atoms with Crippen molar-refractivity contribution in [3.63, 3.8) is 0 Å². The Bertz CT molecular complexity index is 1520. The summed E-state index contributed by atoms with van der Waals surface area (Å²) in [6.45, 7) is 4.25. The number of nitrogens with one attached hydrogen (secondary N) is 2. The predicted molar refractivity (Wildman–Crippen MR) is 139 cm³/mol. The monoisotopic (exact) mass is 465 g/mol. The number of rotatable bonds is 4. The summed E-state index contributed by atoms with van der Waals surface area (Å²) in [6.07, 6.45) is 1.88. The van der Waals surface area contributed by atoms with Crippen LogP contribution in [0.1, 0.15) is 5.56 Å². The maximum atomic E-state index is 9.49. The van der Waals surface area contributed by atoms with Gasteiger partial charge in [0.1, 0.15) is 11.7 Å². The van der Waals surface area contributed by atoms with Crippen molar-refractivity contribution in [1.29, 1.82) is 5.26 Å². The van der Waals surface area contributed by atoms with Gasteiger partial charge in [0.25, 0.3) is 0 Å². The minimum atomic E-state index is 0.537. The van der Waals surface area contributed by atoms with Gasteiger partial charge in [-0.25, -0.2) is 4.98 Å². The van der Waals surface area contributed by atoms with Crippen molar-refractivity contribution in [3.05, 3.63) is 66.4 Å². The molecule has 6 rings (SSSR count). The van der Waals surface area contributed by atoms with Crippen LogP contribution in [-0.2, 0) is 0 Å². The number of piperazine rings is 1. The number of H-pyrrole nitrogens is 1. The first kappa shape index (κ1) is 20.7. The molecule has 1 fully saturated rings. The maximum absolute atomic E-state index is 9.49. The van der Waals surface area contributed by atoms with Gasteiger partial charge in [0.05, 0.1) is 20.8 Å². The highest BCUT2D eigenvalue weighted by Gasteiger charge is 2.16. The van der Waals surface area contributed by atoms with Gasteiger partial charge in [0.2, 0.25) is 5.95 Å². The first-order valence-electron chi connectivity index (χ1n) is 11.3. The molecule has 0 amide bonds. The lowest BCUT2D eigenvalue weighted by atomic mass is 10.1. The highest BCUT2D eigenvalue weighted by atomic mass is 32.1. The van der Waals surface area contributed by atoms with Gasteiger partial charge in [-0.3, -0.25) is 0 Å². The first-order valence-corrected chi connectivity index (χ1v) is 12.1. The predicted octanol–water partition coefficient (Wildman–Crippen LogP) is 5.21. The molecule has 1 aliphatic heterocycles. The van der Waals surface area contributed by atoms with E-state index in [-0.39, 0.29) is 0 Å². The molecule has 8 heteroatoms. The quantitative estimate of drug-likeness (QED) is 0.379. The van der Waals surface area contributed by atoms with E-state index in [0.29, 0.717) is 11.5 Å². The fourth-order valence-electron chi connectivity index (χ4n) is 4.40. The van der Waals surface area contributed by atoms with Gasteiger partial charge in [-0.2, -0.15) is 10.2 Å². The Kier molecular flexibility index (Phi) is 5.13. The summed E-state index contributed by atoms with van der Waals surface area (Å²) in [6, 6.07) is 20.7. The number of thiophene rings is 1. The van der Waals surface area contributed by atoms with Crippen molar-refractivity contribution in [2.75, 3.05) is 43.4 Å². The molecule has 0 atom stereocenters. The number of aromatic amines is 1. The third-order valence-electron chi connectivity index (χ3n) is 6.31. The number of fused-ring (bicyclic) bond motifs is 2. The van der Waals surface area contributed by atoms with Gasteiger partial charge in [-0.1, -0.05) is 12.1 Å². The molecule has 0 radical (unpaired) electrons. The topological polar surface area (TPSA) is 83.9 Å². The van der Waals surface area contributed by atoms with E-state index in [4.69, 9.17) is 4.98 Å². The van der Waals surface area contributed by atoms with E-state index < -0.39 is 0 Å². The van der Waals surface area contributed by atoms with Gasteiger partial charge in [-0.05, 0) is 54.9 Å². The van der Waals surface area contributed by atoms with Crippen LogP contribution in [0, 0.1) is 11.3 Å². The van der Waals surface area contributed by atoms with Crippen molar-refractivity contribution in [2.45, 2.75) is 0 Å². The molecule has 1 aliphatic rings. The van der Waals surface area contributed by atoms with Gasteiger partial charge in [-0.15, -0.1) is 11.3 Å². The zero-order valence-electron chi connectivity index (χ0n) is 18.7. The Hall–Kier alpha value is -3.93. The van der Waals surface area contributed by atoms with Crippen LogP contribution in [0.4, 0.5) is 17.3 Å². The maximum Gasteiger partial charge on any atom is 0.229 e. The molecule has 2 N–H and O–H groups in total. The van der Waals surface area contributed by atoms with Crippen LogP contribution in [0.3, 0.4) is 0 Å². The summed E-state index contributed by atoms with van der Waals surface area (Å²) in [5.74, 6) is 0.537. The number of benzene rings is 2. The van der Waals surface area contributed by atoms with Gasteiger partial charge < -0.3 is 20.1 Å². The average molecular weight is 466 g/mol. The molecule has 0 spiro atoms. The smallest absolute Gasteiger partial charge is 0.229 e. The summed E-state index contributed by atoms with van der Waals surface area (Å²) < 4.78 is 0.983. The molecule has 168 valence electrons. The molecule has 0 aliphatic carbocycles. The highest BCUT2D eigenvalue weighted by molar-refractivity contribution is 7.22. The zero-order chi connectivity index (χ0) is 23.1. The fourth-order valence-corrected chi connectivity index (χ4v) is 5.53. The Labute approximate surface area is 201 Å². The second kappa shape index (κ2) is 8.45. The van der Waals surface area contributed by atoms with Crippen LogP contribution in [0.2, 0.25) is 0 Å². The molecule has 1 saturated heterocycles. The fraction of sp³-hybridized carbons (Fsp3) is 0.192. The second-order valence-electron chi connectivity index (χ2n) is 8.54. The summed E-state index contributed by atoms with van der Waals surface area (Å²) in [4.78, 5) is 18.6. The largest absolute Gasteiger partial charge is 0.369 e. The van der Waals surface area contributed by atoms with E-state index in [0.717, 1.165) is 63.6 Å². The molecule has 0 unspecified atom stereocenters. The molecule has 3 aromatic heterocycles. The molecule has 0 bridgehead atoms. The number of aromatic nitrogens is 3. The van der Waals surface area contributed by atoms with Crippen LogP contribution >= 0.6 is 11.3 Å². The first-order chi connectivity index (χ1) is 16.7. The van der Waals surface area contributed by atoms with Crippen LogP contribution in [0.5, 0.6) is 0 Å². The lowest BCUT2D eigenvalue weighted by Crippen LogP contribution is -2.44. The number of anilines is 3. The number of nitrogens with zero attached hydrogens (tertiary/aromatic N) is 5. The van der Waals surface area contributed by atoms with Crippen LogP contribution in [0.25, 0.3) is 31.7 Å². The van der Waals surface area contributed by atoms with Crippen molar-refractivity contribution in [1.82, 2.24) is 19.9 Å². The minimum Gasteiger partial charge on any atom is -0.369 e. The van der Waals surface area contributed by atoms with Crippen molar-refractivity contribution in [2.24, 2.45) is 0 Å². The van der Waals surface area contributed by atoms with Crippen molar-refractivity contribution in [3.8, 4) is 16.6 Å². The Morgan fingerprint density at radius 3 is 2.65 bits per heavy atom. The lowest BCUT2D eigenvalue weighted by Gasteiger charge is -2.34. The summed E-state index contributed by atoms with van der Waals surface area (Å²) >= 11 is 1.59. The number of hydrogen-bond donors (Lipinski definition) is 2. The van der Waals surface area contributed by atoms with Gasteiger partial charge in [0.15, 0.2) is 0 Å². The number of likely N-dealkylation sites (N-methyl/N-ethyl adjacent to an activating group) is 1. The van der Waals surface area contributed by atoms with Gasteiger partial charge in [0, 0.05) is 49.1 Å². The molecule has 34 heavy (non-hydrogen) atoms. The molecular weight excluding hydrogens is 442 g/mol.